The van der Waals surface area contributed by atoms with Gasteiger partial charge in [-0.1, -0.05) is 188 Å². The summed E-state index contributed by atoms with van der Waals surface area (Å²) in [4.78, 5) is 0. The minimum atomic E-state index is -3.15. The van der Waals surface area contributed by atoms with E-state index in [0.717, 1.165) is 21.5 Å². The van der Waals surface area contributed by atoms with Gasteiger partial charge in [0.1, 0.15) is 0 Å². The Morgan fingerprint density at radius 2 is 0.792 bits per heavy atom. The molecule has 1 nitrogen and oxygen atoms in total. The quantitative estimate of drug-likeness (QED) is 0.0997. The first-order valence-corrected chi connectivity index (χ1v) is 20.0. The van der Waals surface area contributed by atoms with Crippen LogP contribution in [0.15, 0.2) is 200 Å². The third-order valence-electron chi connectivity index (χ3n) is 11.8. The summed E-state index contributed by atoms with van der Waals surface area (Å²) >= 11 is 0. The van der Waals surface area contributed by atoms with E-state index in [9.17, 15) is 0 Å². The lowest BCUT2D eigenvalue weighted by atomic mass is 9.67. The predicted octanol–water partition coefficient (Wildman–Crippen LogP) is 11.7. The maximum absolute atomic E-state index is 15.5. The summed E-state index contributed by atoms with van der Waals surface area (Å²) in [5.41, 5.74) is 6.81. The molecule has 1 aliphatic carbocycles. The number of hydrogen-bond donors (Lipinski definition) is 0. The molecule has 0 heterocycles. The molecule has 0 N–H and O–H groups in total. The normalized spacial score (nSPS) is 13.5. The molecular formula is C51H33OP. The Labute approximate surface area is 308 Å². The van der Waals surface area contributed by atoms with E-state index in [0.29, 0.717) is 0 Å². The average molecular weight is 693 g/mol. The van der Waals surface area contributed by atoms with Crippen LogP contribution in [0.4, 0.5) is 0 Å². The highest BCUT2D eigenvalue weighted by atomic mass is 31.2. The lowest BCUT2D eigenvalue weighted by Crippen LogP contribution is -2.30. The van der Waals surface area contributed by atoms with Gasteiger partial charge >= 0.3 is 0 Å². The van der Waals surface area contributed by atoms with Crippen LogP contribution in [0.2, 0.25) is 0 Å². The van der Waals surface area contributed by atoms with Crippen molar-refractivity contribution in [1.82, 2.24) is 0 Å². The molecule has 1 aliphatic rings. The molecule has 0 aliphatic heterocycles. The minimum Gasteiger partial charge on any atom is -0.309 e. The van der Waals surface area contributed by atoms with Gasteiger partial charge in [-0.25, -0.2) is 0 Å². The van der Waals surface area contributed by atoms with E-state index in [2.05, 4.69) is 140 Å². The van der Waals surface area contributed by atoms with Gasteiger partial charge in [0.25, 0.3) is 0 Å². The van der Waals surface area contributed by atoms with Crippen molar-refractivity contribution < 1.29 is 4.57 Å². The molecular weight excluding hydrogens is 660 g/mol. The summed E-state index contributed by atoms with van der Waals surface area (Å²) in [5, 5.41) is 12.8. The van der Waals surface area contributed by atoms with Crippen molar-refractivity contribution in [2.45, 2.75) is 5.41 Å². The Morgan fingerprint density at radius 3 is 1.36 bits per heavy atom. The molecule has 53 heavy (non-hydrogen) atoms. The molecule has 0 saturated heterocycles. The zero-order chi connectivity index (χ0) is 35.1. The van der Waals surface area contributed by atoms with E-state index in [1.54, 1.807) is 0 Å². The fourth-order valence-electron chi connectivity index (χ4n) is 9.54. The fraction of sp³-hybridized carbons (Fsp3) is 0.0196. The molecule has 0 radical (unpaired) electrons. The van der Waals surface area contributed by atoms with Gasteiger partial charge in [-0.15, -0.1) is 0 Å². The van der Waals surface area contributed by atoms with Gasteiger partial charge in [0.15, 0.2) is 7.14 Å². The van der Waals surface area contributed by atoms with Gasteiger partial charge < -0.3 is 4.57 Å². The summed E-state index contributed by atoms with van der Waals surface area (Å²) in [7, 11) is -3.15. The van der Waals surface area contributed by atoms with Crippen LogP contribution in [0.25, 0.3) is 54.2 Å². The molecule has 10 aromatic carbocycles. The average Bonchev–Trinajstić information content (AvgIpc) is 3.54. The van der Waals surface area contributed by atoms with E-state index < -0.39 is 12.6 Å². The van der Waals surface area contributed by atoms with E-state index >= 15 is 4.57 Å². The first kappa shape index (κ1) is 30.4. The highest BCUT2D eigenvalue weighted by Crippen LogP contribution is 2.57. The molecule has 11 rings (SSSR count). The van der Waals surface area contributed by atoms with Crippen molar-refractivity contribution in [3.8, 4) is 11.1 Å². The van der Waals surface area contributed by atoms with Crippen molar-refractivity contribution in [3.05, 3.63) is 222 Å². The van der Waals surface area contributed by atoms with E-state index in [-0.39, 0.29) is 0 Å². The van der Waals surface area contributed by atoms with Gasteiger partial charge in [0.05, 0.1) is 5.41 Å². The second-order valence-corrected chi connectivity index (χ2v) is 17.1. The standard InChI is InChI=1S/C51H33OP/c52-53(38-17-3-1-4-18-38,39-19-5-2-6-20-39)40-30-28-36(29-31-40)51(47-26-9-7-21-41(47)42-22-8-10-27-48(42)51)37-32-35-16-13-24-44-43-23-11-14-34-15-12-25-45(49(34)43)46(33-37)50(35)44/h1-33H. The van der Waals surface area contributed by atoms with Crippen LogP contribution in [-0.4, -0.2) is 0 Å². The zero-order valence-corrected chi connectivity index (χ0v) is 29.8. The van der Waals surface area contributed by atoms with Crippen molar-refractivity contribution in [2.75, 3.05) is 0 Å². The zero-order valence-electron chi connectivity index (χ0n) is 28.9. The fourth-order valence-corrected chi connectivity index (χ4v) is 12.2. The van der Waals surface area contributed by atoms with Gasteiger partial charge in [-0.2, -0.15) is 0 Å². The molecule has 248 valence electrons. The summed E-state index contributed by atoms with van der Waals surface area (Å²) in [6, 6.07) is 71.5. The largest absolute Gasteiger partial charge is 0.309 e. The summed E-state index contributed by atoms with van der Waals surface area (Å²) in [6.07, 6.45) is 0. The van der Waals surface area contributed by atoms with Crippen LogP contribution >= 0.6 is 7.14 Å². The number of benzene rings is 10. The van der Waals surface area contributed by atoms with Gasteiger partial charge in [-0.05, 0) is 88.6 Å². The smallest absolute Gasteiger partial charge is 0.171 e. The molecule has 0 saturated carbocycles. The Bertz CT molecular complexity index is 2980. The maximum Gasteiger partial charge on any atom is 0.171 e. The Morgan fingerprint density at radius 1 is 0.340 bits per heavy atom. The summed E-state index contributed by atoms with van der Waals surface area (Å²) in [5.74, 6) is 0. The Kier molecular flexibility index (Phi) is 6.51. The van der Waals surface area contributed by atoms with Gasteiger partial charge in [-0.3, -0.25) is 0 Å². The summed E-state index contributed by atoms with van der Waals surface area (Å²) in [6.45, 7) is 0. The second-order valence-electron chi connectivity index (χ2n) is 14.3. The molecule has 0 fully saturated rings. The molecule has 0 amide bonds. The first-order chi connectivity index (χ1) is 26.2. The molecule has 0 unspecified atom stereocenters. The lowest BCUT2D eigenvalue weighted by Gasteiger charge is -2.35. The topological polar surface area (TPSA) is 17.1 Å². The van der Waals surface area contributed by atoms with Crippen LogP contribution in [0, 0.1) is 0 Å². The summed E-state index contributed by atoms with van der Waals surface area (Å²) < 4.78 is 15.5. The predicted molar refractivity (Wildman–Crippen MR) is 224 cm³/mol. The van der Waals surface area contributed by atoms with E-state index in [1.807, 2.05) is 60.7 Å². The third-order valence-corrected chi connectivity index (χ3v) is 14.8. The SMILES string of the molecule is O=P(c1ccccc1)(c1ccccc1)c1ccc(C2(c3cc4cccc5c6cccc7cccc(c(c3)c45)c76)c3ccccc3-c3ccccc32)cc1. The molecule has 0 atom stereocenters. The molecule has 0 aromatic heterocycles. The van der Waals surface area contributed by atoms with Gasteiger partial charge in [0, 0.05) is 15.9 Å². The first-order valence-electron chi connectivity index (χ1n) is 18.3. The van der Waals surface area contributed by atoms with Crippen LogP contribution in [0.5, 0.6) is 0 Å². The molecule has 10 aromatic rings. The van der Waals surface area contributed by atoms with E-state index in [1.165, 1.54) is 70.9 Å². The Hall–Kier alpha value is -6.27. The third kappa shape index (κ3) is 4.12. The van der Waals surface area contributed by atoms with Crippen molar-refractivity contribution >= 4 is 66.1 Å². The second kappa shape index (κ2) is 11.4. The van der Waals surface area contributed by atoms with Crippen LogP contribution < -0.4 is 15.9 Å². The number of rotatable bonds is 5. The highest BCUT2D eigenvalue weighted by Gasteiger charge is 2.46. The van der Waals surface area contributed by atoms with Crippen LogP contribution in [0.3, 0.4) is 0 Å². The van der Waals surface area contributed by atoms with Crippen molar-refractivity contribution in [2.24, 2.45) is 0 Å². The molecule has 0 spiro atoms. The maximum atomic E-state index is 15.5. The number of fused-ring (bicyclic) bond motifs is 5. The highest BCUT2D eigenvalue weighted by molar-refractivity contribution is 7.85. The van der Waals surface area contributed by atoms with Crippen molar-refractivity contribution in [1.29, 1.82) is 0 Å². The molecule has 0 bridgehead atoms. The number of hydrogen-bond acceptors (Lipinski definition) is 1. The monoisotopic (exact) mass is 692 g/mol. The minimum absolute atomic E-state index is 0.610. The van der Waals surface area contributed by atoms with Crippen LogP contribution in [-0.2, 0) is 9.98 Å². The lowest BCUT2D eigenvalue weighted by molar-refractivity contribution is 0.592. The van der Waals surface area contributed by atoms with Gasteiger partial charge in [0.2, 0.25) is 0 Å². The van der Waals surface area contributed by atoms with Crippen molar-refractivity contribution in [3.63, 3.8) is 0 Å². The van der Waals surface area contributed by atoms with E-state index in [4.69, 9.17) is 0 Å². The molecule has 2 heteroatoms. The van der Waals surface area contributed by atoms with Crippen LogP contribution in [0.1, 0.15) is 22.3 Å². The Balaban J connectivity index is 1.23.